The largest absolute Gasteiger partial charge is 0.374 e. The van der Waals surface area contributed by atoms with E-state index in [-0.39, 0.29) is 11.9 Å². The molecule has 4 nitrogen and oxygen atoms in total. The van der Waals surface area contributed by atoms with Crippen LogP contribution in [0.15, 0.2) is 48.5 Å². The number of carbonyl (C=O) groups excluding carboxylic acids is 1. The molecule has 4 rings (SSSR count). The summed E-state index contributed by atoms with van der Waals surface area (Å²) in [6.07, 6.45) is 4.92. The van der Waals surface area contributed by atoms with Gasteiger partial charge in [-0.3, -0.25) is 9.69 Å². The number of fused-ring (bicyclic) bond motifs is 1. The third kappa shape index (κ3) is 4.01. The third-order valence-electron chi connectivity index (χ3n) is 5.94. The molecule has 142 valence electrons. The Kier molecular flexibility index (Phi) is 5.44. The lowest BCUT2D eigenvalue weighted by atomic mass is 9.98. The number of rotatable bonds is 5. The van der Waals surface area contributed by atoms with E-state index >= 15 is 0 Å². The summed E-state index contributed by atoms with van der Waals surface area (Å²) < 4.78 is 0. The summed E-state index contributed by atoms with van der Waals surface area (Å²) in [5.41, 5.74) is 4.85. The Bertz CT molecular complexity index is 783. The van der Waals surface area contributed by atoms with Gasteiger partial charge in [-0.2, -0.15) is 0 Å². The fourth-order valence-electron chi connectivity index (χ4n) is 4.36. The Morgan fingerprint density at radius 3 is 2.59 bits per heavy atom. The van der Waals surface area contributed by atoms with Gasteiger partial charge < -0.3 is 10.2 Å². The van der Waals surface area contributed by atoms with Crippen LogP contribution in [0.3, 0.4) is 0 Å². The summed E-state index contributed by atoms with van der Waals surface area (Å²) in [5, 5.41) is 3.18. The highest BCUT2D eigenvalue weighted by molar-refractivity contribution is 5.94. The number of carbonyl (C=O) groups is 1. The maximum absolute atomic E-state index is 12.6. The van der Waals surface area contributed by atoms with Crippen LogP contribution in [-0.4, -0.2) is 44.0 Å². The molecule has 2 heterocycles. The Hall–Kier alpha value is -2.33. The van der Waals surface area contributed by atoms with E-state index in [1.165, 1.54) is 36.1 Å². The summed E-state index contributed by atoms with van der Waals surface area (Å²) >= 11 is 0. The molecule has 0 radical (unpaired) electrons. The topological polar surface area (TPSA) is 35.6 Å². The minimum Gasteiger partial charge on any atom is -0.374 e. The Morgan fingerprint density at radius 1 is 1.04 bits per heavy atom. The molecular formula is C23H29N3O. The van der Waals surface area contributed by atoms with E-state index in [2.05, 4.69) is 40.4 Å². The molecule has 1 fully saturated rings. The zero-order valence-electron chi connectivity index (χ0n) is 16.2. The standard InChI is InChI=1S/C23H29N3O/c1-25-15-12-20-16-19(10-11-21(20)25)22(26-13-6-3-7-14-26)17-24-23(27)18-8-4-2-5-9-18/h2,4-5,8-11,16,22H,3,6-7,12-15,17H2,1H3,(H,24,27). The van der Waals surface area contributed by atoms with E-state index in [0.29, 0.717) is 6.54 Å². The third-order valence-corrected chi connectivity index (χ3v) is 5.94. The number of likely N-dealkylation sites (N-methyl/N-ethyl adjacent to an activating group) is 1. The molecule has 1 amide bonds. The van der Waals surface area contributed by atoms with Crippen LogP contribution in [0.4, 0.5) is 5.69 Å². The van der Waals surface area contributed by atoms with Crippen molar-refractivity contribution in [1.82, 2.24) is 10.2 Å². The summed E-state index contributed by atoms with van der Waals surface area (Å²) in [4.78, 5) is 17.4. The second-order valence-electron chi connectivity index (χ2n) is 7.75. The number of nitrogens with zero attached hydrogens (tertiary/aromatic N) is 2. The Morgan fingerprint density at radius 2 is 1.81 bits per heavy atom. The van der Waals surface area contributed by atoms with Crippen molar-refractivity contribution in [3.8, 4) is 0 Å². The van der Waals surface area contributed by atoms with Crippen molar-refractivity contribution in [2.75, 3.05) is 38.1 Å². The van der Waals surface area contributed by atoms with Crippen molar-refractivity contribution in [2.24, 2.45) is 0 Å². The van der Waals surface area contributed by atoms with Crippen LogP contribution in [0.1, 0.15) is 46.8 Å². The summed E-state index contributed by atoms with van der Waals surface area (Å²) in [6.45, 7) is 3.98. The minimum atomic E-state index is 0.0125. The van der Waals surface area contributed by atoms with Crippen molar-refractivity contribution in [1.29, 1.82) is 0 Å². The molecule has 4 heteroatoms. The Labute approximate surface area is 162 Å². The maximum Gasteiger partial charge on any atom is 0.251 e. The molecule has 1 unspecified atom stereocenters. The van der Waals surface area contributed by atoms with Crippen LogP contribution in [-0.2, 0) is 6.42 Å². The van der Waals surface area contributed by atoms with Crippen molar-refractivity contribution < 1.29 is 4.79 Å². The molecule has 0 saturated carbocycles. The highest BCUT2D eigenvalue weighted by atomic mass is 16.1. The molecule has 2 aliphatic rings. The number of likely N-dealkylation sites (tertiary alicyclic amines) is 1. The monoisotopic (exact) mass is 363 g/mol. The first-order valence-electron chi connectivity index (χ1n) is 10.1. The SMILES string of the molecule is CN1CCc2cc(C(CNC(=O)c3ccccc3)N3CCCCC3)ccc21. The lowest BCUT2D eigenvalue weighted by molar-refractivity contribution is 0.0924. The number of nitrogens with one attached hydrogen (secondary N) is 1. The quantitative estimate of drug-likeness (QED) is 0.881. The lowest BCUT2D eigenvalue weighted by Gasteiger charge is -2.35. The second kappa shape index (κ2) is 8.13. The number of piperidine rings is 1. The molecule has 0 spiro atoms. The van der Waals surface area contributed by atoms with Gasteiger partial charge in [-0.1, -0.05) is 36.8 Å². The van der Waals surface area contributed by atoms with Crippen LogP contribution in [0.2, 0.25) is 0 Å². The first-order chi connectivity index (χ1) is 13.2. The molecule has 2 aromatic carbocycles. The van der Waals surface area contributed by atoms with Crippen LogP contribution in [0.25, 0.3) is 0 Å². The van der Waals surface area contributed by atoms with Gasteiger partial charge in [-0.15, -0.1) is 0 Å². The lowest BCUT2D eigenvalue weighted by Crippen LogP contribution is -2.40. The second-order valence-corrected chi connectivity index (χ2v) is 7.75. The van der Waals surface area contributed by atoms with Crippen LogP contribution in [0.5, 0.6) is 0 Å². The average molecular weight is 364 g/mol. The van der Waals surface area contributed by atoms with E-state index in [1.807, 2.05) is 30.3 Å². The smallest absolute Gasteiger partial charge is 0.251 e. The summed E-state index contributed by atoms with van der Waals surface area (Å²) in [5.74, 6) is 0.0125. The van der Waals surface area contributed by atoms with E-state index in [4.69, 9.17) is 0 Å². The van der Waals surface area contributed by atoms with Gasteiger partial charge in [0.2, 0.25) is 0 Å². The number of amides is 1. The fourth-order valence-corrected chi connectivity index (χ4v) is 4.36. The molecule has 0 aliphatic carbocycles. The molecule has 1 N–H and O–H groups in total. The van der Waals surface area contributed by atoms with Gasteiger partial charge in [-0.05, 0) is 61.7 Å². The molecule has 27 heavy (non-hydrogen) atoms. The first kappa shape index (κ1) is 18.1. The minimum absolute atomic E-state index is 0.0125. The Balaban J connectivity index is 1.53. The average Bonchev–Trinajstić information content (AvgIpc) is 3.10. The summed E-state index contributed by atoms with van der Waals surface area (Å²) in [7, 11) is 2.16. The normalized spacial score (nSPS) is 18.2. The van der Waals surface area contributed by atoms with E-state index in [9.17, 15) is 4.79 Å². The van der Waals surface area contributed by atoms with Gasteiger partial charge in [0, 0.05) is 31.4 Å². The van der Waals surface area contributed by atoms with Crippen LogP contribution in [0, 0.1) is 0 Å². The summed E-state index contributed by atoms with van der Waals surface area (Å²) in [6, 6.07) is 16.6. The van der Waals surface area contributed by atoms with Crippen molar-refractivity contribution >= 4 is 11.6 Å². The predicted octanol–water partition coefficient (Wildman–Crippen LogP) is 3.64. The van der Waals surface area contributed by atoms with Crippen LogP contribution >= 0.6 is 0 Å². The van der Waals surface area contributed by atoms with Gasteiger partial charge in [0.15, 0.2) is 0 Å². The molecule has 0 aromatic heterocycles. The van der Waals surface area contributed by atoms with E-state index in [1.54, 1.807) is 0 Å². The molecule has 1 saturated heterocycles. The molecule has 1 atom stereocenters. The number of benzene rings is 2. The highest BCUT2D eigenvalue weighted by Crippen LogP contribution is 2.32. The van der Waals surface area contributed by atoms with Gasteiger partial charge >= 0.3 is 0 Å². The van der Waals surface area contributed by atoms with E-state index in [0.717, 1.165) is 31.6 Å². The molecule has 2 aromatic rings. The number of hydrogen-bond acceptors (Lipinski definition) is 3. The zero-order chi connectivity index (χ0) is 18.6. The van der Waals surface area contributed by atoms with E-state index < -0.39 is 0 Å². The molecular weight excluding hydrogens is 334 g/mol. The molecule has 2 aliphatic heterocycles. The van der Waals surface area contributed by atoms with Gasteiger partial charge in [0.25, 0.3) is 5.91 Å². The zero-order valence-corrected chi connectivity index (χ0v) is 16.2. The van der Waals surface area contributed by atoms with Crippen molar-refractivity contribution in [2.45, 2.75) is 31.7 Å². The van der Waals surface area contributed by atoms with Crippen molar-refractivity contribution in [3.05, 3.63) is 65.2 Å². The predicted molar refractivity (Wildman–Crippen MR) is 110 cm³/mol. The van der Waals surface area contributed by atoms with Crippen molar-refractivity contribution in [3.63, 3.8) is 0 Å². The fraction of sp³-hybridized carbons (Fsp3) is 0.435. The van der Waals surface area contributed by atoms with Gasteiger partial charge in [-0.25, -0.2) is 0 Å². The number of hydrogen-bond donors (Lipinski definition) is 1. The maximum atomic E-state index is 12.6. The highest BCUT2D eigenvalue weighted by Gasteiger charge is 2.25. The van der Waals surface area contributed by atoms with Gasteiger partial charge in [0.05, 0.1) is 6.04 Å². The first-order valence-corrected chi connectivity index (χ1v) is 10.1. The molecule has 0 bridgehead atoms. The van der Waals surface area contributed by atoms with Crippen LogP contribution < -0.4 is 10.2 Å². The number of anilines is 1. The van der Waals surface area contributed by atoms with Gasteiger partial charge in [0.1, 0.15) is 0 Å².